The number of hydrogen-bond acceptors (Lipinski definition) is 6. The molecule has 2 aromatic rings. The van der Waals surface area contributed by atoms with Crippen molar-refractivity contribution in [1.82, 2.24) is 19.6 Å². The maximum Gasteiger partial charge on any atom is 0.309 e. The first-order valence-electron chi connectivity index (χ1n) is 4.18. The van der Waals surface area contributed by atoms with Crippen LogP contribution in [0.5, 0.6) is 11.8 Å². The number of rotatable bonds is 1. The summed E-state index contributed by atoms with van der Waals surface area (Å²) in [5.41, 5.74) is 0. The summed E-state index contributed by atoms with van der Waals surface area (Å²) in [6.07, 6.45) is 0. The van der Waals surface area contributed by atoms with Gasteiger partial charge in [0.15, 0.2) is 0 Å². The van der Waals surface area contributed by atoms with Gasteiger partial charge in [-0.3, -0.25) is 4.79 Å². The monoisotopic (exact) mass is 208 g/mol. The fourth-order valence-corrected chi connectivity index (χ4v) is 1.13. The highest BCUT2D eigenvalue weighted by Gasteiger charge is 2.10. The first-order valence-corrected chi connectivity index (χ1v) is 4.18. The smallest absolute Gasteiger partial charge is 0.309 e. The second-order valence-electron chi connectivity index (χ2n) is 2.92. The summed E-state index contributed by atoms with van der Waals surface area (Å²) in [6.45, 7) is 2.91. The zero-order valence-corrected chi connectivity index (χ0v) is 8.13. The van der Waals surface area contributed by atoms with Crippen molar-refractivity contribution in [2.75, 3.05) is 0 Å². The van der Waals surface area contributed by atoms with Gasteiger partial charge in [-0.2, -0.15) is 14.5 Å². The van der Waals surface area contributed by atoms with Crippen molar-refractivity contribution in [2.24, 2.45) is 0 Å². The summed E-state index contributed by atoms with van der Waals surface area (Å²) in [6, 6.07) is 1.20. The maximum atomic E-state index is 10.7. The molecule has 2 rings (SSSR count). The summed E-state index contributed by atoms with van der Waals surface area (Å²) in [5, 5.41) is 13.4. The Kier molecular flexibility index (Phi) is 2.00. The van der Waals surface area contributed by atoms with Crippen molar-refractivity contribution in [3.05, 3.63) is 11.9 Å². The van der Waals surface area contributed by atoms with E-state index >= 15 is 0 Å². The van der Waals surface area contributed by atoms with Crippen LogP contribution >= 0.6 is 0 Å². The molecule has 0 saturated heterocycles. The molecule has 0 atom stereocenters. The van der Waals surface area contributed by atoms with Crippen LogP contribution in [0.1, 0.15) is 12.7 Å². The second-order valence-corrected chi connectivity index (χ2v) is 2.92. The molecule has 78 valence electrons. The Morgan fingerprint density at radius 2 is 2.27 bits per heavy atom. The van der Waals surface area contributed by atoms with Crippen molar-refractivity contribution in [1.29, 1.82) is 0 Å². The number of ether oxygens (including phenoxy) is 1. The lowest BCUT2D eigenvalue weighted by atomic mass is 10.6. The van der Waals surface area contributed by atoms with Crippen molar-refractivity contribution < 1.29 is 14.6 Å². The predicted molar refractivity (Wildman–Crippen MR) is 48.5 cm³/mol. The molecule has 0 aliphatic rings. The average Bonchev–Trinajstić information content (AvgIpc) is 2.44. The summed E-state index contributed by atoms with van der Waals surface area (Å²) in [4.78, 5) is 18.5. The highest BCUT2D eigenvalue weighted by Crippen LogP contribution is 2.17. The highest BCUT2D eigenvalue weighted by atomic mass is 16.5. The molecule has 0 aromatic carbocycles. The Morgan fingerprint density at radius 3 is 2.93 bits per heavy atom. The summed E-state index contributed by atoms with van der Waals surface area (Å²) in [5.74, 6) is -0.0410. The maximum absolute atomic E-state index is 10.7. The molecular formula is C8H8N4O3. The predicted octanol–water partition coefficient (Wildman–Crippen LogP) is 0.0636. The van der Waals surface area contributed by atoms with Crippen LogP contribution in [0, 0.1) is 6.92 Å². The van der Waals surface area contributed by atoms with Gasteiger partial charge >= 0.3 is 5.97 Å². The zero-order chi connectivity index (χ0) is 11.0. The molecule has 0 aliphatic heterocycles. The largest absolute Gasteiger partial charge is 0.493 e. The van der Waals surface area contributed by atoms with Crippen LogP contribution in [0.25, 0.3) is 5.78 Å². The van der Waals surface area contributed by atoms with Gasteiger partial charge in [0.05, 0.1) is 6.07 Å². The molecule has 0 bridgehead atoms. The third kappa shape index (κ3) is 1.71. The number of hydrogen-bond donors (Lipinski definition) is 1. The molecule has 7 heteroatoms. The lowest BCUT2D eigenvalue weighted by Gasteiger charge is -2.00. The molecule has 15 heavy (non-hydrogen) atoms. The zero-order valence-electron chi connectivity index (χ0n) is 8.13. The van der Waals surface area contributed by atoms with E-state index in [4.69, 9.17) is 4.74 Å². The van der Waals surface area contributed by atoms with Gasteiger partial charge < -0.3 is 9.84 Å². The van der Waals surface area contributed by atoms with Gasteiger partial charge in [-0.1, -0.05) is 0 Å². The number of aromatic hydroxyl groups is 1. The number of fused-ring (bicyclic) bond motifs is 1. The molecule has 0 aliphatic carbocycles. The first kappa shape index (κ1) is 9.38. The van der Waals surface area contributed by atoms with E-state index in [2.05, 4.69) is 15.1 Å². The molecule has 1 N–H and O–H groups in total. The highest BCUT2D eigenvalue weighted by molar-refractivity contribution is 5.68. The molecule has 0 unspecified atom stereocenters. The number of esters is 1. The van der Waals surface area contributed by atoms with E-state index in [0.717, 1.165) is 4.52 Å². The van der Waals surface area contributed by atoms with Crippen molar-refractivity contribution in [2.45, 2.75) is 13.8 Å². The van der Waals surface area contributed by atoms with Crippen LogP contribution < -0.4 is 4.74 Å². The molecular weight excluding hydrogens is 200 g/mol. The van der Waals surface area contributed by atoms with Crippen LogP contribution in [0.3, 0.4) is 0 Å². The molecule has 0 saturated carbocycles. The van der Waals surface area contributed by atoms with Crippen molar-refractivity contribution >= 4 is 11.7 Å². The molecule has 0 spiro atoms. The van der Waals surface area contributed by atoms with Crippen molar-refractivity contribution in [3.63, 3.8) is 0 Å². The van der Waals surface area contributed by atoms with Gasteiger partial charge in [-0.15, -0.1) is 5.10 Å². The van der Waals surface area contributed by atoms with E-state index in [1.54, 1.807) is 6.92 Å². The lowest BCUT2D eigenvalue weighted by Crippen LogP contribution is -2.04. The molecule has 0 amide bonds. The van der Waals surface area contributed by atoms with E-state index in [1.165, 1.54) is 13.0 Å². The van der Waals surface area contributed by atoms with Crippen LogP contribution in [-0.4, -0.2) is 30.7 Å². The number of nitrogens with zero attached hydrogens (tertiary/aromatic N) is 4. The van der Waals surface area contributed by atoms with Gasteiger partial charge in [0.1, 0.15) is 5.82 Å². The van der Waals surface area contributed by atoms with Crippen LogP contribution in [-0.2, 0) is 4.79 Å². The van der Waals surface area contributed by atoms with Crippen LogP contribution in [0.15, 0.2) is 6.07 Å². The average molecular weight is 208 g/mol. The van der Waals surface area contributed by atoms with Crippen LogP contribution in [0.4, 0.5) is 0 Å². The third-order valence-electron chi connectivity index (χ3n) is 1.62. The summed E-state index contributed by atoms with van der Waals surface area (Å²) < 4.78 is 5.88. The summed E-state index contributed by atoms with van der Waals surface area (Å²) in [7, 11) is 0. The lowest BCUT2D eigenvalue weighted by molar-refractivity contribution is -0.132. The summed E-state index contributed by atoms with van der Waals surface area (Å²) >= 11 is 0. The van der Waals surface area contributed by atoms with Gasteiger partial charge in [0.25, 0.3) is 5.78 Å². The van der Waals surface area contributed by atoms with E-state index < -0.39 is 5.97 Å². The minimum absolute atomic E-state index is 0.0000926. The normalized spacial score (nSPS) is 10.5. The van der Waals surface area contributed by atoms with E-state index in [-0.39, 0.29) is 17.5 Å². The first-order chi connectivity index (χ1) is 7.06. The third-order valence-corrected chi connectivity index (χ3v) is 1.62. The molecule has 0 fully saturated rings. The van der Waals surface area contributed by atoms with E-state index in [9.17, 15) is 9.90 Å². The second kappa shape index (κ2) is 3.19. The molecule has 2 heterocycles. The molecule has 0 radical (unpaired) electrons. The molecule has 2 aromatic heterocycles. The van der Waals surface area contributed by atoms with Gasteiger partial charge in [0.2, 0.25) is 11.8 Å². The number of carbonyl (C=O) groups is 1. The Balaban J connectivity index is 2.56. The van der Waals surface area contributed by atoms with E-state index in [0.29, 0.717) is 5.82 Å². The Hall–Kier alpha value is -2.18. The van der Waals surface area contributed by atoms with Gasteiger partial charge in [-0.25, -0.2) is 0 Å². The Bertz CT molecular complexity index is 534. The fraction of sp³-hybridized carbons (Fsp3) is 0.250. The quantitative estimate of drug-likeness (QED) is 0.666. The Labute approximate surface area is 84.3 Å². The number of aromatic nitrogens is 4. The minimum atomic E-state index is -0.512. The molecule has 7 nitrogen and oxygen atoms in total. The van der Waals surface area contributed by atoms with E-state index in [1.807, 2.05) is 0 Å². The SMILES string of the molecule is CC(=O)Oc1cc(O)n2nc(C)nc2n1. The minimum Gasteiger partial charge on any atom is -0.493 e. The van der Waals surface area contributed by atoms with Gasteiger partial charge in [0, 0.05) is 6.92 Å². The number of aryl methyl sites for hydroxylation is 1. The van der Waals surface area contributed by atoms with Gasteiger partial charge in [-0.05, 0) is 6.92 Å². The Morgan fingerprint density at radius 1 is 1.53 bits per heavy atom. The number of carbonyl (C=O) groups excluding carboxylic acids is 1. The standard InChI is InChI=1S/C8H8N4O3/c1-4-9-8-10-6(15-5(2)13)3-7(14)12(8)11-4/h3,14H,1-2H3. The topological polar surface area (TPSA) is 89.6 Å². The van der Waals surface area contributed by atoms with Crippen LogP contribution in [0.2, 0.25) is 0 Å². The van der Waals surface area contributed by atoms with Crippen molar-refractivity contribution in [3.8, 4) is 11.8 Å². The fourth-order valence-electron chi connectivity index (χ4n) is 1.13.